The topological polar surface area (TPSA) is 38.6 Å². The van der Waals surface area contributed by atoms with Gasteiger partial charge < -0.3 is 10.1 Å². The number of hydrogen-bond acceptors (Lipinski definition) is 3. The van der Waals surface area contributed by atoms with E-state index in [1.807, 2.05) is 24.4 Å². The number of rotatable bonds is 4. The van der Waals surface area contributed by atoms with Crippen molar-refractivity contribution in [3.05, 3.63) is 65.7 Å². The summed E-state index contributed by atoms with van der Waals surface area (Å²) in [5, 5.41) is 7.46. The van der Waals surface area contributed by atoms with E-state index in [9.17, 15) is 4.39 Å². The second-order valence-corrected chi connectivity index (χ2v) is 4.72. The zero-order chi connectivity index (χ0) is 14.8. The van der Waals surface area contributed by atoms with Gasteiger partial charge in [0.25, 0.3) is 0 Å². The highest BCUT2D eigenvalue weighted by Crippen LogP contribution is 2.30. The van der Waals surface area contributed by atoms with E-state index in [1.165, 1.54) is 7.11 Å². The van der Waals surface area contributed by atoms with Crippen LogP contribution in [0, 0.1) is 5.82 Å². The Kier molecular flexibility index (Phi) is 3.58. The summed E-state index contributed by atoms with van der Waals surface area (Å²) in [6.07, 6.45) is 3.63. The minimum atomic E-state index is -0.352. The van der Waals surface area contributed by atoms with Crippen molar-refractivity contribution in [2.45, 2.75) is 6.04 Å². The van der Waals surface area contributed by atoms with E-state index in [0.29, 0.717) is 5.56 Å². The van der Waals surface area contributed by atoms with Gasteiger partial charge in [0.15, 0.2) is 11.6 Å². The van der Waals surface area contributed by atoms with Crippen LogP contribution in [-0.4, -0.2) is 23.8 Å². The number of nitrogens with zero attached hydrogens (tertiary/aromatic N) is 2. The zero-order valence-corrected chi connectivity index (χ0v) is 11.9. The third kappa shape index (κ3) is 2.25. The van der Waals surface area contributed by atoms with E-state index in [-0.39, 0.29) is 17.6 Å². The third-order valence-corrected chi connectivity index (χ3v) is 3.58. The average molecular weight is 285 g/mol. The van der Waals surface area contributed by atoms with Gasteiger partial charge in [-0.2, -0.15) is 5.10 Å². The van der Waals surface area contributed by atoms with Gasteiger partial charge in [-0.3, -0.25) is 0 Å². The Labute approximate surface area is 122 Å². The SMILES string of the molecule is CNC(c1cccc(OC)c1F)c1cnn2ccccc12. The Bertz CT molecular complexity index is 769. The largest absolute Gasteiger partial charge is 0.494 e. The molecule has 2 aromatic heterocycles. The molecule has 0 radical (unpaired) electrons. The van der Waals surface area contributed by atoms with Crippen molar-refractivity contribution >= 4 is 5.52 Å². The summed E-state index contributed by atoms with van der Waals surface area (Å²) in [4.78, 5) is 0. The van der Waals surface area contributed by atoms with Crippen molar-refractivity contribution < 1.29 is 9.13 Å². The monoisotopic (exact) mass is 285 g/mol. The molecule has 0 spiro atoms. The van der Waals surface area contributed by atoms with Crippen molar-refractivity contribution in [3.63, 3.8) is 0 Å². The molecule has 21 heavy (non-hydrogen) atoms. The zero-order valence-electron chi connectivity index (χ0n) is 11.9. The summed E-state index contributed by atoms with van der Waals surface area (Å²) in [6.45, 7) is 0. The normalized spacial score (nSPS) is 12.5. The number of halogens is 1. The van der Waals surface area contributed by atoms with Crippen molar-refractivity contribution in [1.29, 1.82) is 0 Å². The fraction of sp³-hybridized carbons (Fsp3) is 0.188. The summed E-state index contributed by atoms with van der Waals surface area (Å²) < 4.78 is 21.3. The maximum absolute atomic E-state index is 14.5. The van der Waals surface area contributed by atoms with Gasteiger partial charge in [0.1, 0.15) is 0 Å². The van der Waals surface area contributed by atoms with Crippen molar-refractivity contribution in [1.82, 2.24) is 14.9 Å². The number of nitrogens with one attached hydrogen (secondary N) is 1. The lowest BCUT2D eigenvalue weighted by molar-refractivity contribution is 0.382. The summed E-state index contributed by atoms with van der Waals surface area (Å²) in [5.41, 5.74) is 2.40. The summed E-state index contributed by atoms with van der Waals surface area (Å²) >= 11 is 0. The number of benzene rings is 1. The maximum atomic E-state index is 14.5. The van der Waals surface area contributed by atoms with E-state index < -0.39 is 0 Å². The van der Waals surface area contributed by atoms with Gasteiger partial charge in [0, 0.05) is 17.3 Å². The molecular weight excluding hydrogens is 269 g/mol. The minimum Gasteiger partial charge on any atom is -0.494 e. The first-order chi connectivity index (χ1) is 10.3. The second-order valence-electron chi connectivity index (χ2n) is 4.72. The lowest BCUT2D eigenvalue weighted by Gasteiger charge is -2.17. The first-order valence-electron chi connectivity index (χ1n) is 6.68. The number of pyridine rings is 1. The molecule has 3 rings (SSSR count). The van der Waals surface area contributed by atoms with E-state index in [0.717, 1.165) is 11.1 Å². The highest BCUT2D eigenvalue weighted by molar-refractivity contribution is 5.57. The first-order valence-corrected chi connectivity index (χ1v) is 6.68. The minimum absolute atomic E-state index is 0.240. The van der Waals surface area contributed by atoms with E-state index in [1.54, 1.807) is 36.0 Å². The smallest absolute Gasteiger partial charge is 0.170 e. The van der Waals surface area contributed by atoms with Crippen LogP contribution in [-0.2, 0) is 0 Å². The van der Waals surface area contributed by atoms with Crippen LogP contribution in [0.5, 0.6) is 5.75 Å². The summed E-state index contributed by atoms with van der Waals surface area (Å²) in [5.74, 6) is -0.112. The molecule has 0 aliphatic carbocycles. The molecule has 0 amide bonds. The predicted molar refractivity (Wildman–Crippen MR) is 79.0 cm³/mol. The van der Waals surface area contributed by atoms with Crippen LogP contribution in [0.3, 0.4) is 0 Å². The highest BCUT2D eigenvalue weighted by atomic mass is 19.1. The Morgan fingerprint density at radius 1 is 1.19 bits per heavy atom. The second kappa shape index (κ2) is 5.54. The number of fused-ring (bicyclic) bond motifs is 1. The molecule has 1 unspecified atom stereocenters. The Hall–Kier alpha value is -2.40. The molecule has 3 aromatic rings. The molecule has 0 saturated heterocycles. The molecule has 0 bridgehead atoms. The van der Waals surface area contributed by atoms with Crippen LogP contribution in [0.1, 0.15) is 17.2 Å². The van der Waals surface area contributed by atoms with Crippen molar-refractivity contribution in [2.24, 2.45) is 0 Å². The van der Waals surface area contributed by atoms with E-state index >= 15 is 0 Å². The molecule has 0 aliphatic heterocycles. The summed E-state index contributed by atoms with van der Waals surface area (Å²) in [7, 11) is 3.27. The van der Waals surface area contributed by atoms with Gasteiger partial charge in [-0.1, -0.05) is 18.2 Å². The van der Waals surface area contributed by atoms with E-state index in [2.05, 4.69) is 10.4 Å². The lowest BCUT2D eigenvalue weighted by Crippen LogP contribution is -2.19. The molecule has 108 valence electrons. The maximum Gasteiger partial charge on any atom is 0.170 e. The molecule has 2 heterocycles. The molecule has 1 atom stereocenters. The van der Waals surface area contributed by atoms with Crippen LogP contribution >= 0.6 is 0 Å². The molecule has 0 saturated carbocycles. The molecule has 5 heteroatoms. The van der Waals surface area contributed by atoms with Gasteiger partial charge >= 0.3 is 0 Å². The average Bonchev–Trinajstić information content (AvgIpc) is 2.94. The quantitative estimate of drug-likeness (QED) is 0.801. The van der Waals surface area contributed by atoms with Crippen LogP contribution in [0.2, 0.25) is 0 Å². The molecule has 0 fully saturated rings. The van der Waals surface area contributed by atoms with Crippen LogP contribution in [0.25, 0.3) is 5.52 Å². The Morgan fingerprint density at radius 2 is 2.05 bits per heavy atom. The number of hydrogen-bond donors (Lipinski definition) is 1. The van der Waals surface area contributed by atoms with Crippen LogP contribution in [0.4, 0.5) is 4.39 Å². The summed E-state index contributed by atoms with van der Waals surface area (Å²) in [6, 6.07) is 10.7. The number of methoxy groups -OCH3 is 1. The molecule has 1 aromatic carbocycles. The first kappa shape index (κ1) is 13.6. The fourth-order valence-electron chi connectivity index (χ4n) is 2.56. The van der Waals surface area contributed by atoms with E-state index in [4.69, 9.17) is 4.74 Å². The van der Waals surface area contributed by atoms with Gasteiger partial charge in [-0.05, 0) is 25.2 Å². The van der Waals surface area contributed by atoms with Gasteiger partial charge in [-0.15, -0.1) is 0 Å². The van der Waals surface area contributed by atoms with Crippen LogP contribution < -0.4 is 10.1 Å². The Balaban J connectivity index is 2.15. The van der Waals surface area contributed by atoms with Crippen LogP contribution in [0.15, 0.2) is 48.8 Å². The van der Waals surface area contributed by atoms with Crippen molar-refractivity contribution in [3.8, 4) is 5.75 Å². The predicted octanol–water partition coefficient (Wildman–Crippen LogP) is 2.79. The standard InChI is InChI=1S/C16H16FN3O/c1-18-16(11-6-5-8-14(21-2)15(11)17)12-10-19-20-9-4-3-7-13(12)20/h3-10,16,18H,1-2H3. The molecular formula is C16H16FN3O. The van der Waals surface area contributed by atoms with Crippen molar-refractivity contribution in [2.75, 3.05) is 14.2 Å². The molecule has 4 nitrogen and oxygen atoms in total. The highest BCUT2D eigenvalue weighted by Gasteiger charge is 2.21. The molecule has 0 aliphatic rings. The van der Waals surface area contributed by atoms with Gasteiger partial charge in [0.2, 0.25) is 0 Å². The third-order valence-electron chi connectivity index (χ3n) is 3.58. The van der Waals surface area contributed by atoms with Gasteiger partial charge in [-0.25, -0.2) is 8.91 Å². The number of aromatic nitrogens is 2. The lowest BCUT2D eigenvalue weighted by atomic mass is 9.99. The van der Waals surface area contributed by atoms with Gasteiger partial charge in [0.05, 0.1) is 24.9 Å². The fourth-order valence-corrected chi connectivity index (χ4v) is 2.56. The molecule has 1 N–H and O–H groups in total. The Morgan fingerprint density at radius 3 is 2.81 bits per heavy atom. The number of ether oxygens (including phenoxy) is 1.